The zero-order valence-electron chi connectivity index (χ0n) is 17.1. The van der Waals surface area contributed by atoms with Gasteiger partial charge < -0.3 is 4.18 Å². The van der Waals surface area contributed by atoms with Gasteiger partial charge >= 0.3 is 5.97 Å². The molecule has 0 saturated heterocycles. The maximum atomic E-state index is 12.2. The smallest absolute Gasteiger partial charge is 0.321 e. The summed E-state index contributed by atoms with van der Waals surface area (Å²) in [6.07, 6.45) is 14.0. The minimum atomic E-state index is -0.0260. The molecule has 1 fully saturated rings. The normalized spacial score (nSPS) is 17.1. The molecule has 0 N–H and O–H groups in total. The van der Waals surface area contributed by atoms with Crippen molar-refractivity contribution >= 4 is 18.0 Å². The second-order valence-electron chi connectivity index (χ2n) is 7.07. The van der Waals surface area contributed by atoms with Gasteiger partial charge in [-0.05, 0) is 43.7 Å². The van der Waals surface area contributed by atoms with E-state index in [1.165, 1.54) is 69.8 Å². The molecule has 2 rings (SSSR count). The van der Waals surface area contributed by atoms with Gasteiger partial charge in [0.1, 0.15) is 0 Å². The molecule has 0 heterocycles. The average Bonchev–Trinajstić information content (AvgIpc) is 2.64. The molecule has 1 aliphatic rings. The Morgan fingerprint density at radius 1 is 0.862 bits per heavy atom. The Labute approximate surface area is 175 Å². The third-order valence-corrected chi connectivity index (χ3v) is 5.82. The van der Waals surface area contributed by atoms with E-state index in [0.29, 0.717) is 0 Å². The first kappa shape index (κ1) is 35.1. The van der Waals surface area contributed by atoms with Gasteiger partial charge in [-0.3, -0.25) is 28.3 Å². The lowest BCUT2D eigenvalue weighted by atomic mass is 9.80. The van der Waals surface area contributed by atoms with Crippen LogP contribution in [0.5, 0.6) is 0 Å². The lowest BCUT2D eigenvalue weighted by Gasteiger charge is -2.26. The van der Waals surface area contributed by atoms with E-state index in [4.69, 9.17) is 4.18 Å². The Kier molecular flexibility index (Phi) is 25.9. The Bertz CT molecular complexity index is 471. The van der Waals surface area contributed by atoms with Crippen LogP contribution in [0.25, 0.3) is 0 Å². The van der Waals surface area contributed by atoms with Crippen LogP contribution in [0.1, 0.15) is 77.6 Å². The van der Waals surface area contributed by atoms with E-state index in [1.807, 2.05) is 30.3 Å². The molecule has 0 unspecified atom stereocenters. The van der Waals surface area contributed by atoms with Crippen LogP contribution in [0.2, 0.25) is 0 Å². The molecular weight excluding hydrogens is 411 g/mol. The van der Waals surface area contributed by atoms with Crippen LogP contribution < -0.4 is 0 Å². The SMILES string of the molecule is CCCCCCCCC1CCC(C(=O)OSc2ccccc2)CC1.F.F.F.F.F. The van der Waals surface area contributed by atoms with Crippen molar-refractivity contribution in [2.45, 2.75) is 82.4 Å². The van der Waals surface area contributed by atoms with Crippen molar-refractivity contribution in [1.82, 2.24) is 0 Å². The molecule has 0 atom stereocenters. The van der Waals surface area contributed by atoms with Crippen LogP contribution in [0.4, 0.5) is 23.5 Å². The molecule has 174 valence electrons. The predicted molar refractivity (Wildman–Crippen MR) is 114 cm³/mol. The fourth-order valence-electron chi connectivity index (χ4n) is 3.53. The summed E-state index contributed by atoms with van der Waals surface area (Å²) < 4.78 is 5.42. The molecule has 8 heteroatoms. The van der Waals surface area contributed by atoms with Crippen molar-refractivity contribution in [3.05, 3.63) is 30.3 Å². The minimum Gasteiger partial charge on any atom is -0.386 e. The van der Waals surface area contributed by atoms with Gasteiger partial charge in [0.2, 0.25) is 0 Å². The first-order chi connectivity index (χ1) is 11.8. The number of benzene rings is 1. The van der Waals surface area contributed by atoms with Gasteiger partial charge in [-0.15, -0.1) is 0 Å². The molecule has 29 heavy (non-hydrogen) atoms. The fraction of sp³-hybridized carbons (Fsp3) is 0.667. The van der Waals surface area contributed by atoms with Crippen LogP contribution in [-0.4, -0.2) is 5.97 Å². The number of halogens is 5. The van der Waals surface area contributed by atoms with Crippen molar-refractivity contribution in [2.75, 3.05) is 0 Å². The van der Waals surface area contributed by atoms with E-state index in [0.717, 1.165) is 23.7 Å². The maximum Gasteiger partial charge on any atom is 0.321 e. The Morgan fingerprint density at radius 2 is 1.41 bits per heavy atom. The Morgan fingerprint density at radius 3 is 2.00 bits per heavy atom. The molecule has 0 amide bonds. The van der Waals surface area contributed by atoms with Gasteiger partial charge in [0.25, 0.3) is 0 Å². The third-order valence-electron chi connectivity index (χ3n) is 5.11. The van der Waals surface area contributed by atoms with Gasteiger partial charge in [0.05, 0.1) is 18.0 Å². The number of hydrogen-bond acceptors (Lipinski definition) is 3. The molecule has 0 spiro atoms. The van der Waals surface area contributed by atoms with Crippen molar-refractivity contribution < 1.29 is 32.5 Å². The summed E-state index contributed by atoms with van der Waals surface area (Å²) in [6, 6.07) is 9.83. The quantitative estimate of drug-likeness (QED) is 0.210. The number of rotatable bonds is 10. The molecule has 0 radical (unpaired) electrons. The monoisotopic (exact) mass is 448 g/mol. The first-order valence-corrected chi connectivity index (χ1v) is 10.5. The van der Waals surface area contributed by atoms with E-state index in [9.17, 15) is 4.79 Å². The van der Waals surface area contributed by atoms with E-state index >= 15 is 0 Å². The molecular formula is C21H37F5O2S. The van der Waals surface area contributed by atoms with E-state index in [-0.39, 0.29) is 35.4 Å². The lowest BCUT2D eigenvalue weighted by molar-refractivity contribution is -0.138. The number of carbonyl (C=O) groups excluding carboxylic acids is 1. The van der Waals surface area contributed by atoms with Crippen LogP contribution >= 0.6 is 12.0 Å². The molecule has 1 saturated carbocycles. The fourth-order valence-corrected chi connectivity index (χ4v) is 4.12. The molecule has 0 bridgehead atoms. The predicted octanol–water partition coefficient (Wildman–Crippen LogP) is 7.56. The largest absolute Gasteiger partial charge is 0.386 e. The van der Waals surface area contributed by atoms with E-state index in [2.05, 4.69) is 6.92 Å². The molecule has 0 aromatic heterocycles. The van der Waals surface area contributed by atoms with Gasteiger partial charge in [0, 0.05) is 4.90 Å². The maximum absolute atomic E-state index is 12.2. The molecule has 1 aliphatic carbocycles. The Balaban J connectivity index is -0.000000625. The molecule has 0 aliphatic heterocycles. The van der Waals surface area contributed by atoms with Crippen molar-refractivity contribution in [1.29, 1.82) is 0 Å². The summed E-state index contributed by atoms with van der Waals surface area (Å²) in [5.41, 5.74) is 0. The number of hydrogen-bond donors (Lipinski definition) is 0. The molecule has 1 aromatic rings. The highest BCUT2D eigenvalue weighted by Crippen LogP contribution is 2.34. The summed E-state index contributed by atoms with van der Waals surface area (Å²) >= 11 is 1.20. The van der Waals surface area contributed by atoms with E-state index in [1.54, 1.807) is 0 Å². The summed E-state index contributed by atoms with van der Waals surface area (Å²) in [4.78, 5) is 13.2. The van der Waals surface area contributed by atoms with Gasteiger partial charge in [0.15, 0.2) is 0 Å². The highest BCUT2D eigenvalue weighted by Gasteiger charge is 2.27. The second-order valence-corrected chi connectivity index (χ2v) is 7.88. The van der Waals surface area contributed by atoms with Crippen LogP contribution in [0, 0.1) is 11.8 Å². The minimum absolute atomic E-state index is 0. The standard InChI is InChI=1S/C21H32O2S.5FH/c1-2-3-4-5-6-8-11-18-14-16-19(17-15-18)21(22)23-24-20-12-9-7-10-13-20;;;;;/h7,9-10,12-13,18-19H,2-6,8,11,14-17H2,1H3;5*1H. The van der Waals surface area contributed by atoms with Crippen LogP contribution in [0.3, 0.4) is 0 Å². The topological polar surface area (TPSA) is 26.3 Å². The average molecular weight is 449 g/mol. The van der Waals surface area contributed by atoms with Crippen molar-refractivity contribution in [2.24, 2.45) is 11.8 Å². The molecule has 1 aromatic carbocycles. The van der Waals surface area contributed by atoms with Crippen LogP contribution in [0.15, 0.2) is 35.2 Å². The highest BCUT2D eigenvalue weighted by molar-refractivity contribution is 7.95. The van der Waals surface area contributed by atoms with Crippen LogP contribution in [-0.2, 0) is 8.98 Å². The second kappa shape index (κ2) is 21.4. The van der Waals surface area contributed by atoms with E-state index < -0.39 is 0 Å². The Hall–Kier alpha value is -1.31. The number of carbonyl (C=O) groups is 1. The van der Waals surface area contributed by atoms with Gasteiger partial charge in [-0.2, -0.15) is 0 Å². The summed E-state index contributed by atoms with van der Waals surface area (Å²) in [7, 11) is 0. The first-order valence-electron chi connectivity index (χ1n) is 9.73. The van der Waals surface area contributed by atoms with Crippen molar-refractivity contribution in [3.8, 4) is 0 Å². The highest BCUT2D eigenvalue weighted by atomic mass is 32.2. The zero-order chi connectivity index (χ0) is 17.0. The molecule has 2 nitrogen and oxygen atoms in total. The summed E-state index contributed by atoms with van der Waals surface area (Å²) in [6.45, 7) is 2.27. The van der Waals surface area contributed by atoms with Gasteiger partial charge in [-0.1, -0.05) is 70.1 Å². The zero-order valence-corrected chi connectivity index (χ0v) is 17.9. The van der Waals surface area contributed by atoms with Crippen molar-refractivity contribution in [3.63, 3.8) is 0 Å². The third kappa shape index (κ3) is 14.3. The van der Waals surface area contributed by atoms with Gasteiger partial charge in [-0.25, -0.2) is 0 Å². The lowest BCUT2D eigenvalue weighted by Crippen LogP contribution is -2.22. The summed E-state index contributed by atoms with van der Waals surface area (Å²) in [5.74, 6) is 0.922. The summed E-state index contributed by atoms with van der Waals surface area (Å²) in [5, 5.41) is 0. The number of unbranched alkanes of at least 4 members (excludes halogenated alkanes) is 5.